The quantitative estimate of drug-likeness (QED) is 0.638. The molecule has 0 aliphatic carbocycles. The molecule has 1 rings (SSSR count). The summed E-state index contributed by atoms with van der Waals surface area (Å²) >= 11 is 0. The van der Waals surface area contributed by atoms with Gasteiger partial charge in [0, 0.05) is 18.0 Å². The zero-order valence-electron chi connectivity index (χ0n) is 7.04. The van der Waals surface area contributed by atoms with Crippen LogP contribution in [0.15, 0.2) is 30.5 Å². The lowest BCUT2D eigenvalue weighted by Gasteiger charge is -1.99. The van der Waals surface area contributed by atoms with Gasteiger partial charge in [-0.15, -0.1) is 0 Å². The maximum atomic E-state index is 7.08. The van der Waals surface area contributed by atoms with Gasteiger partial charge in [0.25, 0.3) is 0 Å². The van der Waals surface area contributed by atoms with Crippen LogP contribution in [0.2, 0.25) is 0 Å². The molecule has 0 aromatic heterocycles. The Morgan fingerprint density at radius 1 is 1.33 bits per heavy atom. The van der Waals surface area contributed by atoms with Crippen molar-refractivity contribution in [2.45, 2.75) is 6.92 Å². The number of nitrogens with two attached hydrogens (primary N) is 1. The second-order valence-corrected chi connectivity index (χ2v) is 2.63. The lowest BCUT2D eigenvalue weighted by atomic mass is 10.1. The summed E-state index contributed by atoms with van der Waals surface area (Å²) in [6.45, 7) is 2.03. The Balaban J connectivity index is 3.04. The van der Waals surface area contributed by atoms with E-state index in [1.807, 2.05) is 31.2 Å². The molecule has 1 aromatic carbocycles. The largest absolute Gasteiger partial charge is 0.404 e. The van der Waals surface area contributed by atoms with Crippen LogP contribution in [0.3, 0.4) is 0 Å². The minimum Gasteiger partial charge on any atom is -0.404 e. The molecule has 0 saturated carbocycles. The number of allylic oxidation sites excluding steroid dienone is 1. The van der Waals surface area contributed by atoms with Gasteiger partial charge < -0.3 is 11.1 Å². The van der Waals surface area contributed by atoms with E-state index < -0.39 is 0 Å². The van der Waals surface area contributed by atoms with Crippen LogP contribution in [-0.2, 0) is 0 Å². The van der Waals surface area contributed by atoms with Crippen molar-refractivity contribution < 1.29 is 0 Å². The van der Waals surface area contributed by atoms with Crippen LogP contribution in [0.5, 0.6) is 0 Å². The van der Waals surface area contributed by atoms with Gasteiger partial charge in [0.1, 0.15) is 0 Å². The van der Waals surface area contributed by atoms with Gasteiger partial charge in [0.05, 0.1) is 0 Å². The lowest BCUT2D eigenvalue weighted by molar-refractivity contribution is 1.45. The highest BCUT2D eigenvalue weighted by Crippen LogP contribution is 2.11. The molecule has 0 radical (unpaired) electrons. The first kappa shape index (κ1) is 8.53. The zero-order valence-corrected chi connectivity index (χ0v) is 7.04. The smallest absolute Gasteiger partial charge is 0.0270 e. The summed E-state index contributed by atoms with van der Waals surface area (Å²) in [6.07, 6.45) is 2.70. The molecule has 2 nitrogen and oxygen atoms in total. The molecular weight excluding hydrogens is 148 g/mol. The van der Waals surface area contributed by atoms with Gasteiger partial charge in [-0.25, -0.2) is 0 Å². The van der Waals surface area contributed by atoms with E-state index >= 15 is 0 Å². The van der Waals surface area contributed by atoms with Crippen LogP contribution in [0.25, 0.3) is 5.57 Å². The van der Waals surface area contributed by atoms with Crippen molar-refractivity contribution in [3.8, 4) is 0 Å². The lowest BCUT2D eigenvalue weighted by Crippen LogP contribution is -1.90. The monoisotopic (exact) mass is 160 g/mol. The maximum absolute atomic E-state index is 7.08. The second-order valence-electron chi connectivity index (χ2n) is 2.63. The van der Waals surface area contributed by atoms with Crippen molar-refractivity contribution in [2.75, 3.05) is 0 Å². The Bertz CT molecular complexity index is 296. The van der Waals surface area contributed by atoms with Crippen molar-refractivity contribution in [1.82, 2.24) is 0 Å². The minimum atomic E-state index is 0.745. The average Bonchev–Trinajstić information content (AvgIpc) is 2.10. The van der Waals surface area contributed by atoms with E-state index in [9.17, 15) is 0 Å². The SMILES string of the molecule is Cc1ccc(/C(C=N)=C\N)cc1. The van der Waals surface area contributed by atoms with Gasteiger partial charge in [0.15, 0.2) is 0 Å². The van der Waals surface area contributed by atoms with Gasteiger partial charge in [-0.2, -0.15) is 0 Å². The Labute approximate surface area is 72.2 Å². The van der Waals surface area contributed by atoms with E-state index in [1.54, 1.807) is 0 Å². The highest BCUT2D eigenvalue weighted by Gasteiger charge is 1.95. The Morgan fingerprint density at radius 3 is 2.33 bits per heavy atom. The van der Waals surface area contributed by atoms with Crippen molar-refractivity contribution in [1.29, 1.82) is 5.41 Å². The molecule has 0 saturated heterocycles. The molecular formula is C10H12N2. The number of aryl methyl sites for hydroxylation is 1. The summed E-state index contributed by atoms with van der Waals surface area (Å²) in [5, 5.41) is 7.08. The fraction of sp³-hybridized carbons (Fsp3) is 0.100. The topological polar surface area (TPSA) is 49.9 Å². The Morgan fingerprint density at radius 2 is 1.92 bits per heavy atom. The molecule has 62 valence electrons. The van der Waals surface area contributed by atoms with E-state index in [2.05, 4.69) is 0 Å². The van der Waals surface area contributed by atoms with Crippen LogP contribution < -0.4 is 5.73 Å². The molecule has 12 heavy (non-hydrogen) atoms. The maximum Gasteiger partial charge on any atom is 0.0270 e. The average molecular weight is 160 g/mol. The molecule has 0 unspecified atom stereocenters. The van der Waals surface area contributed by atoms with Gasteiger partial charge in [-0.1, -0.05) is 29.8 Å². The molecule has 0 aliphatic heterocycles. The number of rotatable bonds is 2. The Kier molecular flexibility index (Phi) is 2.64. The van der Waals surface area contributed by atoms with E-state index in [4.69, 9.17) is 11.1 Å². The molecule has 3 N–H and O–H groups in total. The van der Waals surface area contributed by atoms with Crippen molar-refractivity contribution in [3.63, 3.8) is 0 Å². The highest BCUT2D eigenvalue weighted by molar-refractivity contribution is 6.08. The van der Waals surface area contributed by atoms with Crippen LogP contribution in [0.1, 0.15) is 11.1 Å². The first-order chi connectivity index (χ1) is 5.77. The molecule has 0 heterocycles. The van der Waals surface area contributed by atoms with Crippen molar-refractivity contribution in [2.24, 2.45) is 5.73 Å². The summed E-state index contributed by atoms with van der Waals surface area (Å²) in [4.78, 5) is 0. The number of nitrogens with one attached hydrogen (secondary N) is 1. The van der Waals surface area contributed by atoms with Crippen LogP contribution in [0, 0.1) is 12.3 Å². The third-order valence-corrected chi connectivity index (χ3v) is 1.72. The van der Waals surface area contributed by atoms with E-state index in [-0.39, 0.29) is 0 Å². The normalized spacial score (nSPS) is 11.2. The van der Waals surface area contributed by atoms with Crippen LogP contribution in [0.4, 0.5) is 0 Å². The predicted octanol–water partition coefficient (Wildman–Crippen LogP) is 1.94. The predicted molar refractivity (Wildman–Crippen MR) is 52.1 cm³/mol. The van der Waals surface area contributed by atoms with Crippen molar-refractivity contribution >= 4 is 11.8 Å². The summed E-state index contributed by atoms with van der Waals surface area (Å²) in [5.41, 5.74) is 8.28. The van der Waals surface area contributed by atoms with Gasteiger partial charge >= 0.3 is 0 Å². The fourth-order valence-electron chi connectivity index (χ4n) is 0.974. The number of hydrogen-bond donors (Lipinski definition) is 2. The summed E-state index contributed by atoms with van der Waals surface area (Å²) in [6, 6.07) is 7.92. The molecule has 0 amide bonds. The first-order valence-electron chi connectivity index (χ1n) is 3.77. The molecule has 2 heteroatoms. The van der Waals surface area contributed by atoms with Gasteiger partial charge in [-0.3, -0.25) is 0 Å². The molecule has 0 aliphatic rings. The third kappa shape index (κ3) is 1.72. The minimum absolute atomic E-state index is 0.745. The van der Waals surface area contributed by atoms with Crippen molar-refractivity contribution in [3.05, 3.63) is 41.6 Å². The third-order valence-electron chi connectivity index (χ3n) is 1.72. The summed E-state index contributed by atoms with van der Waals surface area (Å²) in [5.74, 6) is 0. The highest BCUT2D eigenvalue weighted by atomic mass is 14.5. The van der Waals surface area contributed by atoms with Gasteiger partial charge in [0.2, 0.25) is 0 Å². The molecule has 0 bridgehead atoms. The van der Waals surface area contributed by atoms with E-state index in [0.717, 1.165) is 11.1 Å². The molecule has 1 aromatic rings. The first-order valence-corrected chi connectivity index (χ1v) is 3.77. The number of hydrogen-bond acceptors (Lipinski definition) is 2. The second kappa shape index (κ2) is 3.72. The standard InChI is InChI=1S/C10H12N2/c1-8-2-4-9(5-3-8)10(6-11)7-12/h2-7,11H,12H2,1H3/b10-7-,11-6?. The molecule has 0 spiro atoms. The summed E-state index contributed by atoms with van der Waals surface area (Å²) in [7, 11) is 0. The van der Waals surface area contributed by atoms with Crippen LogP contribution >= 0.6 is 0 Å². The van der Waals surface area contributed by atoms with E-state index in [0.29, 0.717) is 0 Å². The van der Waals surface area contributed by atoms with Gasteiger partial charge in [-0.05, 0) is 12.5 Å². The summed E-state index contributed by atoms with van der Waals surface area (Å²) < 4.78 is 0. The molecule has 0 fully saturated rings. The number of benzene rings is 1. The molecule has 0 atom stereocenters. The Hall–Kier alpha value is -1.57. The fourth-order valence-corrected chi connectivity index (χ4v) is 0.974. The van der Waals surface area contributed by atoms with E-state index in [1.165, 1.54) is 18.0 Å². The zero-order chi connectivity index (χ0) is 8.97. The van der Waals surface area contributed by atoms with Crippen LogP contribution in [-0.4, -0.2) is 6.21 Å².